The molecule has 0 atom stereocenters. The lowest BCUT2D eigenvalue weighted by Gasteiger charge is -2.06. The average Bonchev–Trinajstić information content (AvgIpc) is 2.64. The summed E-state index contributed by atoms with van der Waals surface area (Å²) >= 11 is 3.36. The number of carbonyl (C=O) groups is 2. The molecule has 0 aliphatic heterocycles. The third-order valence-electron chi connectivity index (χ3n) is 3.66. The van der Waals surface area contributed by atoms with Crippen LogP contribution >= 0.6 is 15.9 Å². The molecule has 0 saturated heterocycles. The highest BCUT2D eigenvalue weighted by atomic mass is 79.9. The Morgan fingerprint density at radius 2 is 1.92 bits per heavy atom. The van der Waals surface area contributed by atoms with Crippen LogP contribution in [0.2, 0.25) is 0 Å². The second-order valence-electron chi connectivity index (χ2n) is 5.84. The Kier molecular flexibility index (Phi) is 8.09. The van der Waals surface area contributed by atoms with E-state index in [-0.39, 0.29) is 12.5 Å². The number of ether oxygens (including phenoxy) is 1. The van der Waals surface area contributed by atoms with Crippen LogP contribution in [0.3, 0.4) is 0 Å². The van der Waals surface area contributed by atoms with Crippen LogP contribution in [0.25, 0.3) is 6.08 Å². The Labute approximate surface area is 162 Å². The molecule has 4 nitrogen and oxygen atoms in total. The molecule has 0 fully saturated rings. The molecule has 0 bridgehead atoms. The fourth-order valence-electron chi connectivity index (χ4n) is 2.29. The van der Waals surface area contributed by atoms with Gasteiger partial charge in [0.2, 0.25) is 0 Å². The Balaban J connectivity index is 1.76. The lowest BCUT2D eigenvalue weighted by Crippen LogP contribution is -2.20. The number of carbonyl (C=O) groups excluding carboxylic acids is 2. The van der Waals surface area contributed by atoms with Gasteiger partial charge >= 0.3 is 5.97 Å². The number of hydrogen-bond acceptors (Lipinski definition) is 3. The molecule has 0 aliphatic carbocycles. The summed E-state index contributed by atoms with van der Waals surface area (Å²) in [7, 11) is 0. The van der Waals surface area contributed by atoms with Crippen molar-refractivity contribution in [2.75, 3.05) is 11.9 Å². The first-order chi connectivity index (χ1) is 12.6. The molecule has 2 rings (SSSR count). The lowest BCUT2D eigenvalue weighted by atomic mass is 10.1. The summed E-state index contributed by atoms with van der Waals surface area (Å²) < 4.78 is 5.88. The molecule has 0 spiro atoms. The van der Waals surface area contributed by atoms with Crippen molar-refractivity contribution < 1.29 is 14.3 Å². The second-order valence-corrected chi connectivity index (χ2v) is 6.76. The largest absolute Gasteiger partial charge is 0.452 e. The summed E-state index contributed by atoms with van der Waals surface area (Å²) in [5, 5.41) is 2.72. The summed E-state index contributed by atoms with van der Waals surface area (Å²) in [4.78, 5) is 23.6. The van der Waals surface area contributed by atoms with Gasteiger partial charge in [-0.3, -0.25) is 4.79 Å². The van der Waals surface area contributed by atoms with Gasteiger partial charge in [0.15, 0.2) is 6.61 Å². The normalized spacial score (nSPS) is 10.7. The predicted octanol–water partition coefficient (Wildman–Crippen LogP) is 4.99. The molecule has 2 aromatic rings. The van der Waals surface area contributed by atoms with Gasteiger partial charge in [0, 0.05) is 16.2 Å². The van der Waals surface area contributed by atoms with E-state index in [1.165, 1.54) is 11.6 Å². The predicted molar refractivity (Wildman–Crippen MR) is 108 cm³/mol. The molecular weight excluding hydrogens is 394 g/mol. The molecule has 0 unspecified atom stereocenters. The number of halogens is 1. The van der Waals surface area contributed by atoms with Crippen molar-refractivity contribution >= 4 is 39.6 Å². The molecule has 1 amide bonds. The Bertz CT molecular complexity index is 769. The van der Waals surface area contributed by atoms with Gasteiger partial charge in [-0.1, -0.05) is 53.5 Å². The third-order valence-corrected chi connectivity index (χ3v) is 4.16. The lowest BCUT2D eigenvalue weighted by molar-refractivity contribution is -0.142. The van der Waals surface area contributed by atoms with Gasteiger partial charge in [-0.15, -0.1) is 0 Å². The van der Waals surface area contributed by atoms with Crippen LogP contribution in [-0.2, 0) is 20.7 Å². The fraction of sp³-hybridized carbons (Fsp3) is 0.238. The Hall–Kier alpha value is -2.40. The van der Waals surface area contributed by atoms with Crippen LogP contribution in [0.5, 0.6) is 0 Å². The highest BCUT2D eigenvalue weighted by molar-refractivity contribution is 9.10. The zero-order valence-electron chi connectivity index (χ0n) is 14.7. The molecule has 2 aromatic carbocycles. The number of aryl methyl sites for hydroxylation is 1. The SMILES string of the molecule is CCCCc1ccc(NC(=O)COC(=O)/C=C/c2cccc(Br)c2)cc1. The van der Waals surface area contributed by atoms with Crippen molar-refractivity contribution in [3.8, 4) is 0 Å². The van der Waals surface area contributed by atoms with Crippen LogP contribution in [-0.4, -0.2) is 18.5 Å². The van der Waals surface area contributed by atoms with Gasteiger partial charge in [0.25, 0.3) is 5.91 Å². The number of anilines is 1. The molecule has 5 heteroatoms. The van der Waals surface area contributed by atoms with Crippen LogP contribution in [0.1, 0.15) is 30.9 Å². The van der Waals surface area contributed by atoms with Crippen molar-refractivity contribution in [1.29, 1.82) is 0 Å². The van der Waals surface area contributed by atoms with E-state index in [2.05, 4.69) is 28.2 Å². The van der Waals surface area contributed by atoms with E-state index in [4.69, 9.17) is 4.74 Å². The standard InChI is InChI=1S/C21H22BrNO3/c1-2-3-5-16-8-11-19(12-9-16)23-20(24)15-26-21(25)13-10-17-6-4-7-18(22)14-17/h4,6-14H,2-3,5,15H2,1H3,(H,23,24)/b13-10+. The summed E-state index contributed by atoms with van der Waals surface area (Å²) in [5.41, 5.74) is 2.80. The minimum atomic E-state index is -0.560. The number of nitrogens with one attached hydrogen (secondary N) is 1. The van der Waals surface area contributed by atoms with Crippen LogP contribution < -0.4 is 5.32 Å². The number of hydrogen-bond donors (Lipinski definition) is 1. The smallest absolute Gasteiger partial charge is 0.331 e. The minimum Gasteiger partial charge on any atom is -0.452 e. The number of benzene rings is 2. The third kappa shape index (κ3) is 7.23. The number of rotatable bonds is 8. The van der Waals surface area contributed by atoms with E-state index in [1.54, 1.807) is 6.08 Å². The Morgan fingerprint density at radius 3 is 2.62 bits per heavy atom. The monoisotopic (exact) mass is 415 g/mol. The van der Waals surface area contributed by atoms with E-state index in [0.717, 1.165) is 29.3 Å². The maximum atomic E-state index is 11.9. The van der Waals surface area contributed by atoms with Gasteiger partial charge < -0.3 is 10.1 Å². The van der Waals surface area contributed by atoms with E-state index in [0.29, 0.717) is 5.69 Å². The van der Waals surface area contributed by atoms with E-state index >= 15 is 0 Å². The van der Waals surface area contributed by atoms with E-state index in [9.17, 15) is 9.59 Å². The van der Waals surface area contributed by atoms with Gasteiger partial charge in [0.1, 0.15) is 0 Å². The zero-order chi connectivity index (χ0) is 18.8. The minimum absolute atomic E-state index is 0.320. The van der Waals surface area contributed by atoms with Crippen LogP contribution in [0.15, 0.2) is 59.1 Å². The van der Waals surface area contributed by atoms with Crippen molar-refractivity contribution in [2.45, 2.75) is 26.2 Å². The summed E-state index contributed by atoms with van der Waals surface area (Å²) in [5.74, 6) is -0.925. The first-order valence-electron chi connectivity index (χ1n) is 8.56. The summed E-state index contributed by atoms with van der Waals surface area (Å²) in [6.45, 7) is 1.84. The first-order valence-corrected chi connectivity index (χ1v) is 9.35. The van der Waals surface area contributed by atoms with Gasteiger partial charge in [-0.2, -0.15) is 0 Å². The van der Waals surface area contributed by atoms with Crippen molar-refractivity contribution in [2.24, 2.45) is 0 Å². The zero-order valence-corrected chi connectivity index (χ0v) is 16.3. The van der Waals surface area contributed by atoms with Crippen LogP contribution in [0.4, 0.5) is 5.69 Å². The quantitative estimate of drug-likeness (QED) is 0.488. The van der Waals surface area contributed by atoms with E-state index < -0.39 is 5.97 Å². The topological polar surface area (TPSA) is 55.4 Å². The summed E-state index contributed by atoms with van der Waals surface area (Å²) in [6.07, 6.45) is 6.28. The van der Waals surface area contributed by atoms with E-state index in [1.807, 2.05) is 48.5 Å². The molecule has 0 saturated carbocycles. The summed E-state index contributed by atoms with van der Waals surface area (Å²) in [6, 6.07) is 15.2. The molecule has 0 aliphatic rings. The molecule has 0 aromatic heterocycles. The number of esters is 1. The number of amides is 1. The maximum Gasteiger partial charge on any atom is 0.331 e. The van der Waals surface area contributed by atoms with Crippen molar-refractivity contribution in [3.05, 3.63) is 70.2 Å². The number of unbranched alkanes of at least 4 members (excludes halogenated alkanes) is 1. The second kappa shape index (κ2) is 10.6. The molecule has 0 heterocycles. The van der Waals surface area contributed by atoms with Crippen LogP contribution in [0, 0.1) is 0 Å². The maximum absolute atomic E-state index is 11.9. The average molecular weight is 416 g/mol. The molecule has 1 N–H and O–H groups in total. The molecule has 136 valence electrons. The van der Waals surface area contributed by atoms with Gasteiger partial charge in [-0.25, -0.2) is 4.79 Å². The van der Waals surface area contributed by atoms with Crippen molar-refractivity contribution in [3.63, 3.8) is 0 Å². The molecular formula is C21H22BrNO3. The highest BCUT2D eigenvalue weighted by Gasteiger charge is 2.06. The fourth-order valence-corrected chi connectivity index (χ4v) is 2.71. The van der Waals surface area contributed by atoms with Gasteiger partial charge in [-0.05, 0) is 54.3 Å². The molecule has 26 heavy (non-hydrogen) atoms. The Morgan fingerprint density at radius 1 is 1.15 bits per heavy atom. The van der Waals surface area contributed by atoms with Crippen molar-refractivity contribution in [1.82, 2.24) is 0 Å². The van der Waals surface area contributed by atoms with Gasteiger partial charge in [0.05, 0.1) is 0 Å². The molecule has 0 radical (unpaired) electrons. The highest BCUT2D eigenvalue weighted by Crippen LogP contribution is 2.13. The first kappa shape index (κ1) is 19.9.